The van der Waals surface area contributed by atoms with Crippen LogP contribution >= 0.6 is 0 Å². The van der Waals surface area contributed by atoms with Crippen molar-refractivity contribution in [2.75, 3.05) is 0 Å². The van der Waals surface area contributed by atoms with E-state index in [2.05, 4.69) is 44.7 Å². The van der Waals surface area contributed by atoms with Gasteiger partial charge in [-0.3, -0.25) is 4.79 Å². The highest BCUT2D eigenvalue weighted by Crippen LogP contribution is 2.58. The second-order valence-corrected chi connectivity index (χ2v) is 7.87. The summed E-state index contributed by atoms with van der Waals surface area (Å²) in [7, 11) is 0. The summed E-state index contributed by atoms with van der Waals surface area (Å²) in [5.74, 6) is 2.92. The summed E-state index contributed by atoms with van der Waals surface area (Å²) >= 11 is 0. The number of rotatable bonds is 1. The van der Waals surface area contributed by atoms with Crippen LogP contribution in [-0.2, 0) is 4.79 Å². The summed E-state index contributed by atoms with van der Waals surface area (Å²) in [6, 6.07) is 0. The minimum Gasteiger partial charge on any atom is -0.299 e. The van der Waals surface area contributed by atoms with Gasteiger partial charge in [-0.1, -0.05) is 44.7 Å². The second-order valence-electron chi connectivity index (χ2n) is 7.87. The van der Waals surface area contributed by atoms with Gasteiger partial charge in [0, 0.05) is 17.8 Å². The molecule has 0 amide bonds. The monoisotopic (exact) mass is 294 g/mol. The highest BCUT2D eigenvalue weighted by atomic mass is 16.1. The minimum absolute atomic E-state index is 0.0394. The molecule has 0 unspecified atom stereocenters. The second kappa shape index (κ2) is 4.81. The van der Waals surface area contributed by atoms with E-state index in [-0.39, 0.29) is 5.41 Å². The number of fused-ring (bicyclic) bond motifs is 5. The number of carbonyl (C=O) groups is 1. The Morgan fingerprint density at radius 1 is 1.36 bits per heavy atom. The fraction of sp³-hybridized carbons (Fsp3) is 0.571. The molecular formula is C21H26O. The highest BCUT2D eigenvalue weighted by Gasteiger charge is 2.54. The predicted octanol–water partition coefficient (Wildman–Crippen LogP) is 5.02. The molecule has 22 heavy (non-hydrogen) atoms. The summed E-state index contributed by atoms with van der Waals surface area (Å²) in [5.41, 5.74) is 4.01. The first-order valence-corrected chi connectivity index (χ1v) is 8.87. The van der Waals surface area contributed by atoms with Crippen LogP contribution in [-0.4, -0.2) is 5.78 Å². The quantitative estimate of drug-likeness (QED) is 0.664. The maximum Gasteiger partial charge on any atom is 0.139 e. The van der Waals surface area contributed by atoms with Crippen LogP contribution < -0.4 is 0 Å². The van der Waals surface area contributed by atoms with Gasteiger partial charge in [0.25, 0.3) is 0 Å². The molecule has 0 bridgehead atoms. The first-order valence-electron chi connectivity index (χ1n) is 8.87. The van der Waals surface area contributed by atoms with Crippen molar-refractivity contribution in [2.45, 2.75) is 46.0 Å². The van der Waals surface area contributed by atoms with Gasteiger partial charge in [-0.05, 0) is 60.2 Å². The minimum atomic E-state index is -0.0394. The molecule has 0 aliphatic heterocycles. The summed E-state index contributed by atoms with van der Waals surface area (Å²) in [4.78, 5) is 12.4. The molecule has 0 N–H and O–H groups in total. The molecule has 5 atom stereocenters. The molecule has 0 aromatic heterocycles. The summed E-state index contributed by atoms with van der Waals surface area (Å²) in [5, 5.41) is 0. The molecule has 2 saturated carbocycles. The molecule has 4 aliphatic carbocycles. The lowest BCUT2D eigenvalue weighted by Crippen LogP contribution is -2.44. The molecule has 2 fully saturated rings. The third-order valence-electron chi connectivity index (χ3n) is 6.97. The van der Waals surface area contributed by atoms with Crippen LogP contribution in [0.1, 0.15) is 46.0 Å². The SMILES string of the molecule is C=C1C=C2C=C[C@@H]3[C@H](CC[C@]4(C)C(=O)CC[C@@H]34)[C@H]2C=C1CC. The van der Waals surface area contributed by atoms with Gasteiger partial charge in [0.05, 0.1) is 0 Å². The van der Waals surface area contributed by atoms with Crippen molar-refractivity contribution in [3.63, 3.8) is 0 Å². The van der Waals surface area contributed by atoms with Crippen molar-refractivity contribution in [2.24, 2.45) is 29.1 Å². The van der Waals surface area contributed by atoms with E-state index in [0.29, 0.717) is 29.5 Å². The molecule has 1 heteroatoms. The molecule has 4 aliphatic rings. The molecular weight excluding hydrogens is 268 g/mol. The van der Waals surface area contributed by atoms with Crippen molar-refractivity contribution in [3.05, 3.63) is 47.6 Å². The summed E-state index contributed by atoms with van der Waals surface area (Å²) in [6.45, 7) is 8.67. The molecule has 0 spiro atoms. The van der Waals surface area contributed by atoms with Gasteiger partial charge in [-0.15, -0.1) is 0 Å². The maximum atomic E-state index is 12.4. The van der Waals surface area contributed by atoms with E-state index < -0.39 is 0 Å². The Morgan fingerprint density at radius 2 is 2.18 bits per heavy atom. The number of ketones is 1. The largest absolute Gasteiger partial charge is 0.299 e. The van der Waals surface area contributed by atoms with Gasteiger partial charge in [-0.2, -0.15) is 0 Å². The molecule has 0 aromatic carbocycles. The highest BCUT2D eigenvalue weighted by molar-refractivity contribution is 5.87. The molecule has 116 valence electrons. The fourth-order valence-electron chi connectivity index (χ4n) is 5.60. The van der Waals surface area contributed by atoms with Crippen LogP contribution in [0.25, 0.3) is 0 Å². The molecule has 0 radical (unpaired) electrons. The van der Waals surface area contributed by atoms with Gasteiger partial charge >= 0.3 is 0 Å². The standard InChI is InChI=1S/C21H26O/c1-4-14-12-18-15(11-13(14)2)5-6-17-16(18)9-10-21(3)19(17)7-8-20(21)22/h5-6,11-12,16-19H,2,4,7-10H2,1,3H3/t16-,17+,18-,19-,21-/m0/s1. The Balaban J connectivity index is 1.72. The normalized spacial score (nSPS) is 43.2. The van der Waals surface area contributed by atoms with Gasteiger partial charge in [-0.25, -0.2) is 0 Å². The van der Waals surface area contributed by atoms with Crippen molar-refractivity contribution in [3.8, 4) is 0 Å². The fourth-order valence-corrected chi connectivity index (χ4v) is 5.60. The first-order chi connectivity index (χ1) is 10.5. The van der Waals surface area contributed by atoms with Crippen molar-refractivity contribution in [1.29, 1.82) is 0 Å². The third kappa shape index (κ3) is 1.81. The van der Waals surface area contributed by atoms with E-state index in [1.807, 2.05) is 0 Å². The van der Waals surface area contributed by atoms with Crippen molar-refractivity contribution in [1.82, 2.24) is 0 Å². The van der Waals surface area contributed by atoms with Crippen molar-refractivity contribution < 1.29 is 4.79 Å². The van der Waals surface area contributed by atoms with E-state index in [9.17, 15) is 4.79 Å². The van der Waals surface area contributed by atoms with Crippen LogP contribution in [0.4, 0.5) is 0 Å². The average molecular weight is 294 g/mol. The van der Waals surface area contributed by atoms with Crippen LogP contribution in [0.3, 0.4) is 0 Å². The number of hydrogen-bond donors (Lipinski definition) is 0. The van der Waals surface area contributed by atoms with Gasteiger partial charge < -0.3 is 0 Å². The first kappa shape index (κ1) is 14.2. The Hall–Kier alpha value is -1.37. The molecule has 1 nitrogen and oxygen atoms in total. The number of hydrogen-bond acceptors (Lipinski definition) is 1. The Bertz CT molecular complexity index is 632. The topological polar surface area (TPSA) is 17.1 Å². The van der Waals surface area contributed by atoms with Crippen LogP contribution in [0.15, 0.2) is 47.6 Å². The zero-order chi connectivity index (χ0) is 15.5. The third-order valence-corrected chi connectivity index (χ3v) is 6.97. The summed E-state index contributed by atoms with van der Waals surface area (Å²) in [6.07, 6.45) is 14.8. The zero-order valence-corrected chi connectivity index (χ0v) is 13.8. The van der Waals surface area contributed by atoms with E-state index in [1.165, 1.54) is 23.1 Å². The van der Waals surface area contributed by atoms with E-state index in [4.69, 9.17) is 0 Å². The lowest BCUT2D eigenvalue weighted by Gasteiger charge is -2.49. The zero-order valence-electron chi connectivity index (χ0n) is 13.8. The Labute approximate surface area is 133 Å². The van der Waals surface area contributed by atoms with Gasteiger partial charge in [0.2, 0.25) is 0 Å². The molecule has 0 aromatic rings. The van der Waals surface area contributed by atoms with Crippen molar-refractivity contribution >= 4 is 5.78 Å². The number of allylic oxidation sites excluding steroid dienone is 7. The Kier molecular flexibility index (Phi) is 3.11. The van der Waals surface area contributed by atoms with Crippen LogP contribution in [0, 0.1) is 29.1 Å². The lowest BCUT2D eigenvalue weighted by molar-refractivity contribution is -0.129. The Morgan fingerprint density at radius 3 is 2.95 bits per heavy atom. The average Bonchev–Trinajstić information content (AvgIpc) is 2.82. The van der Waals surface area contributed by atoms with Crippen LogP contribution in [0.5, 0.6) is 0 Å². The van der Waals surface area contributed by atoms with Gasteiger partial charge in [0.15, 0.2) is 0 Å². The lowest BCUT2D eigenvalue weighted by atomic mass is 9.54. The number of Topliss-reactive ketones (excluding diaryl/α,β-unsaturated/α-hetero) is 1. The maximum absolute atomic E-state index is 12.4. The predicted molar refractivity (Wildman–Crippen MR) is 90.3 cm³/mol. The smallest absolute Gasteiger partial charge is 0.139 e. The van der Waals surface area contributed by atoms with Crippen LogP contribution in [0.2, 0.25) is 0 Å². The molecule has 0 saturated heterocycles. The van der Waals surface area contributed by atoms with E-state index in [0.717, 1.165) is 25.7 Å². The summed E-state index contributed by atoms with van der Waals surface area (Å²) < 4.78 is 0. The van der Waals surface area contributed by atoms with Gasteiger partial charge in [0.1, 0.15) is 5.78 Å². The van der Waals surface area contributed by atoms with E-state index >= 15 is 0 Å². The number of carbonyl (C=O) groups excluding carboxylic acids is 1. The van der Waals surface area contributed by atoms with E-state index in [1.54, 1.807) is 0 Å². The molecule has 0 heterocycles. The molecule has 4 rings (SSSR count).